The van der Waals surface area contributed by atoms with Gasteiger partial charge < -0.3 is 9.15 Å². The van der Waals surface area contributed by atoms with Crippen LogP contribution in [-0.4, -0.2) is 12.4 Å². The van der Waals surface area contributed by atoms with Crippen molar-refractivity contribution in [2.75, 3.05) is 6.61 Å². The van der Waals surface area contributed by atoms with E-state index in [1.54, 1.807) is 12.1 Å². The van der Waals surface area contributed by atoms with Crippen LogP contribution in [0.25, 0.3) is 11.0 Å². The lowest BCUT2D eigenvalue weighted by molar-refractivity contribution is 0.0895. The summed E-state index contributed by atoms with van der Waals surface area (Å²) in [5.41, 5.74) is 0.705. The first-order valence-corrected chi connectivity index (χ1v) is 6.92. The van der Waals surface area contributed by atoms with Crippen molar-refractivity contribution in [2.24, 2.45) is 0 Å². The van der Waals surface area contributed by atoms with Crippen LogP contribution in [0.5, 0.6) is 5.75 Å². The van der Waals surface area contributed by atoms with Crippen LogP contribution in [0.3, 0.4) is 0 Å². The summed E-state index contributed by atoms with van der Waals surface area (Å²) in [6.07, 6.45) is 0. The number of Topliss-reactive ketones (excluding diaryl/α,β-unsaturated/α-hetero) is 1. The molecular weight excluding hydrogens is 320 g/mol. The van der Waals surface area contributed by atoms with Crippen LogP contribution in [0.4, 0.5) is 0 Å². The molecule has 1 heterocycles. The molecule has 0 amide bonds. The van der Waals surface area contributed by atoms with Crippen molar-refractivity contribution in [1.82, 2.24) is 0 Å². The number of furan rings is 1. The first-order valence-electron chi connectivity index (χ1n) is 6.13. The highest BCUT2D eigenvalue weighted by atomic mass is 79.9. The topological polar surface area (TPSA) is 39.4 Å². The molecule has 0 fully saturated rings. The SMILES string of the molecule is O=C(COc1ccccc1Br)c1cc2ccccc2o1. The highest BCUT2D eigenvalue weighted by Gasteiger charge is 2.13. The van der Waals surface area contributed by atoms with E-state index in [-0.39, 0.29) is 12.4 Å². The van der Waals surface area contributed by atoms with E-state index in [0.717, 1.165) is 9.86 Å². The number of halogens is 1. The molecule has 0 atom stereocenters. The maximum atomic E-state index is 12.1. The average molecular weight is 331 g/mol. The molecule has 3 nitrogen and oxygen atoms in total. The summed E-state index contributed by atoms with van der Waals surface area (Å²) in [7, 11) is 0. The molecule has 1 aromatic heterocycles. The van der Waals surface area contributed by atoms with Crippen LogP contribution in [-0.2, 0) is 0 Å². The first kappa shape index (κ1) is 12.9. The van der Waals surface area contributed by atoms with E-state index in [4.69, 9.17) is 9.15 Å². The van der Waals surface area contributed by atoms with Gasteiger partial charge in [0.05, 0.1) is 4.47 Å². The van der Waals surface area contributed by atoms with Crippen molar-refractivity contribution in [2.45, 2.75) is 0 Å². The minimum atomic E-state index is -0.183. The van der Waals surface area contributed by atoms with Gasteiger partial charge in [-0.15, -0.1) is 0 Å². The predicted octanol–water partition coefficient (Wildman–Crippen LogP) is 4.46. The fourth-order valence-electron chi connectivity index (χ4n) is 1.90. The molecule has 3 aromatic rings. The van der Waals surface area contributed by atoms with E-state index in [2.05, 4.69) is 15.9 Å². The molecule has 0 N–H and O–H groups in total. The highest BCUT2D eigenvalue weighted by molar-refractivity contribution is 9.10. The number of hydrogen-bond acceptors (Lipinski definition) is 3. The molecule has 100 valence electrons. The number of fused-ring (bicyclic) bond motifs is 1. The van der Waals surface area contributed by atoms with E-state index in [1.807, 2.05) is 42.5 Å². The Morgan fingerprint density at radius 3 is 2.65 bits per heavy atom. The second-order valence-electron chi connectivity index (χ2n) is 4.29. The van der Waals surface area contributed by atoms with Gasteiger partial charge in [-0.1, -0.05) is 30.3 Å². The number of para-hydroxylation sites is 2. The molecule has 4 heteroatoms. The number of ether oxygens (including phenoxy) is 1. The largest absolute Gasteiger partial charge is 0.484 e. The Balaban J connectivity index is 1.75. The second-order valence-corrected chi connectivity index (χ2v) is 5.15. The molecule has 0 aliphatic rings. The molecule has 0 unspecified atom stereocenters. The molecule has 0 aliphatic carbocycles. The smallest absolute Gasteiger partial charge is 0.235 e. The van der Waals surface area contributed by atoms with Crippen molar-refractivity contribution in [3.8, 4) is 5.75 Å². The Labute approximate surface area is 124 Å². The monoisotopic (exact) mass is 330 g/mol. The van der Waals surface area contributed by atoms with Gasteiger partial charge in [0.2, 0.25) is 5.78 Å². The fourth-order valence-corrected chi connectivity index (χ4v) is 2.29. The minimum Gasteiger partial charge on any atom is -0.484 e. The summed E-state index contributed by atoms with van der Waals surface area (Å²) >= 11 is 3.37. The zero-order valence-electron chi connectivity index (χ0n) is 10.5. The molecule has 0 spiro atoms. The Morgan fingerprint density at radius 1 is 1.10 bits per heavy atom. The first-order chi connectivity index (χ1) is 9.74. The van der Waals surface area contributed by atoms with Crippen molar-refractivity contribution >= 4 is 32.7 Å². The van der Waals surface area contributed by atoms with Gasteiger partial charge >= 0.3 is 0 Å². The maximum Gasteiger partial charge on any atom is 0.235 e. The summed E-state index contributed by atoms with van der Waals surface area (Å²) < 4.78 is 11.8. The molecule has 0 saturated carbocycles. The van der Waals surface area contributed by atoms with E-state index in [0.29, 0.717) is 17.1 Å². The van der Waals surface area contributed by atoms with E-state index in [1.165, 1.54) is 0 Å². The van der Waals surface area contributed by atoms with Crippen molar-refractivity contribution in [3.63, 3.8) is 0 Å². The maximum absolute atomic E-state index is 12.1. The zero-order valence-corrected chi connectivity index (χ0v) is 12.1. The molecule has 0 aliphatic heterocycles. The predicted molar refractivity (Wildman–Crippen MR) is 80.2 cm³/mol. The van der Waals surface area contributed by atoms with Gasteiger partial charge in [0, 0.05) is 5.39 Å². The van der Waals surface area contributed by atoms with Crippen molar-refractivity contribution in [3.05, 3.63) is 64.8 Å². The normalized spacial score (nSPS) is 10.7. The third kappa shape index (κ3) is 2.60. The van der Waals surface area contributed by atoms with Gasteiger partial charge in [-0.3, -0.25) is 4.79 Å². The van der Waals surface area contributed by atoms with Gasteiger partial charge in [-0.05, 0) is 40.2 Å². The van der Waals surface area contributed by atoms with Crippen LogP contribution in [0.15, 0.2) is 63.5 Å². The van der Waals surface area contributed by atoms with Crippen LogP contribution < -0.4 is 4.74 Å². The number of benzene rings is 2. The second kappa shape index (κ2) is 5.51. The number of ketones is 1. The highest BCUT2D eigenvalue weighted by Crippen LogP contribution is 2.24. The quantitative estimate of drug-likeness (QED) is 0.663. The van der Waals surface area contributed by atoms with Gasteiger partial charge in [-0.25, -0.2) is 0 Å². The standard InChI is InChI=1S/C16H11BrO3/c17-12-6-2-4-8-15(12)19-10-13(18)16-9-11-5-1-3-7-14(11)20-16/h1-9H,10H2. The molecule has 3 rings (SSSR count). The third-order valence-electron chi connectivity index (χ3n) is 2.90. The van der Waals surface area contributed by atoms with Crippen LogP contribution >= 0.6 is 15.9 Å². The number of carbonyl (C=O) groups is 1. The summed E-state index contributed by atoms with van der Waals surface area (Å²) in [6.45, 7) is -0.0531. The van der Waals surface area contributed by atoms with E-state index in [9.17, 15) is 4.79 Å². The number of carbonyl (C=O) groups excluding carboxylic acids is 1. The summed E-state index contributed by atoms with van der Waals surface area (Å²) in [4.78, 5) is 12.1. The van der Waals surface area contributed by atoms with Crippen LogP contribution in [0.2, 0.25) is 0 Å². The zero-order chi connectivity index (χ0) is 13.9. The Kier molecular flexibility index (Phi) is 3.56. The lowest BCUT2D eigenvalue weighted by Gasteiger charge is -2.05. The Hall–Kier alpha value is -2.07. The fraction of sp³-hybridized carbons (Fsp3) is 0.0625. The number of rotatable bonds is 4. The third-order valence-corrected chi connectivity index (χ3v) is 3.55. The molecule has 2 aromatic carbocycles. The molecule has 0 radical (unpaired) electrons. The Bertz CT molecular complexity index is 728. The molecule has 20 heavy (non-hydrogen) atoms. The van der Waals surface area contributed by atoms with Gasteiger partial charge in [0.25, 0.3) is 0 Å². The number of hydrogen-bond donors (Lipinski definition) is 0. The van der Waals surface area contributed by atoms with Crippen molar-refractivity contribution in [1.29, 1.82) is 0 Å². The minimum absolute atomic E-state index is 0.0531. The van der Waals surface area contributed by atoms with Crippen LogP contribution in [0, 0.1) is 0 Å². The van der Waals surface area contributed by atoms with E-state index < -0.39 is 0 Å². The lowest BCUT2D eigenvalue weighted by Crippen LogP contribution is -2.10. The molecule has 0 saturated heterocycles. The molecular formula is C16H11BrO3. The van der Waals surface area contributed by atoms with Crippen molar-refractivity contribution < 1.29 is 13.9 Å². The van der Waals surface area contributed by atoms with Gasteiger partial charge in [0.15, 0.2) is 12.4 Å². The van der Waals surface area contributed by atoms with Gasteiger partial charge in [-0.2, -0.15) is 0 Å². The molecule has 0 bridgehead atoms. The lowest BCUT2D eigenvalue weighted by atomic mass is 10.2. The Morgan fingerprint density at radius 2 is 1.85 bits per heavy atom. The van der Waals surface area contributed by atoms with Crippen LogP contribution in [0.1, 0.15) is 10.6 Å². The summed E-state index contributed by atoms with van der Waals surface area (Å²) in [5.74, 6) is 0.771. The van der Waals surface area contributed by atoms with E-state index >= 15 is 0 Å². The van der Waals surface area contributed by atoms with Gasteiger partial charge in [0.1, 0.15) is 11.3 Å². The summed E-state index contributed by atoms with van der Waals surface area (Å²) in [6, 6.07) is 16.7. The summed E-state index contributed by atoms with van der Waals surface area (Å²) in [5, 5.41) is 0.914. The average Bonchev–Trinajstić information content (AvgIpc) is 2.90.